The van der Waals surface area contributed by atoms with E-state index in [2.05, 4.69) is 18.2 Å². The van der Waals surface area contributed by atoms with Gasteiger partial charge in [0, 0.05) is 5.56 Å². The van der Waals surface area contributed by atoms with Crippen molar-refractivity contribution in [2.24, 2.45) is 17.8 Å². The number of benzene rings is 3. The maximum Gasteiger partial charge on any atom is 0.339 e. The average molecular weight is 620 g/mol. The molecular weight excluding hydrogens is 581 g/mol. The van der Waals surface area contributed by atoms with Crippen molar-refractivity contribution in [3.63, 3.8) is 0 Å². The van der Waals surface area contributed by atoms with Gasteiger partial charge in [-0.3, -0.25) is 0 Å². The van der Waals surface area contributed by atoms with Gasteiger partial charge in [0.15, 0.2) is 0 Å². The average Bonchev–Trinajstić information content (AvgIpc) is 3.76. The normalized spacial score (nSPS) is 30.1. The second-order valence-corrected chi connectivity index (χ2v) is 17.0. The minimum atomic E-state index is -4.70. The standard InChI is InChI=1S/C35H40O6S2/c36-42(37,38)32-13-12-31(27-8-2-1-3-9-28(27)32)41-43(39,40)34-30(29-19-23-10-11-25(29)18-23)20-24-6-4-5-7-26(24)33(34)35-16-14-22(21-35)15-17-35/h4-7,12-13,20,22-23,25,29H,1-3,8-11,14-19,21H2,(H,36,37,38)/p-1. The van der Waals surface area contributed by atoms with Crippen LogP contribution in [0.2, 0.25) is 0 Å². The first-order valence-corrected chi connectivity index (χ1v) is 19.1. The first-order valence-electron chi connectivity index (χ1n) is 16.2. The molecule has 0 heterocycles. The van der Waals surface area contributed by atoms with Gasteiger partial charge in [-0.25, -0.2) is 8.42 Å². The first kappa shape index (κ1) is 28.1. The summed E-state index contributed by atoms with van der Waals surface area (Å²) in [6.45, 7) is 0. The minimum Gasteiger partial charge on any atom is -0.744 e. The van der Waals surface area contributed by atoms with Gasteiger partial charge in [-0.2, -0.15) is 8.42 Å². The van der Waals surface area contributed by atoms with Gasteiger partial charge in [0.2, 0.25) is 0 Å². The summed E-state index contributed by atoms with van der Waals surface area (Å²) in [5.41, 5.74) is 2.70. The number of hydrogen-bond acceptors (Lipinski definition) is 6. The first-order chi connectivity index (χ1) is 20.6. The Hall–Kier alpha value is -2.42. The second-order valence-electron chi connectivity index (χ2n) is 14.2. The Balaban J connectivity index is 1.35. The molecule has 0 aromatic heterocycles. The largest absolute Gasteiger partial charge is 0.744 e. The maximum absolute atomic E-state index is 14.9. The molecule has 0 radical (unpaired) electrons. The van der Waals surface area contributed by atoms with E-state index in [-0.39, 0.29) is 22.0 Å². The number of hydrogen-bond donors (Lipinski definition) is 0. The van der Waals surface area contributed by atoms with Crippen LogP contribution in [0.15, 0.2) is 52.3 Å². The molecule has 0 saturated heterocycles. The van der Waals surface area contributed by atoms with Crippen molar-refractivity contribution in [3.8, 4) is 5.75 Å². The van der Waals surface area contributed by atoms with Gasteiger partial charge in [-0.15, -0.1) is 0 Å². The molecule has 0 aliphatic heterocycles. The third-order valence-corrected chi connectivity index (χ3v) is 14.1. The van der Waals surface area contributed by atoms with Crippen molar-refractivity contribution in [3.05, 3.63) is 64.7 Å². The summed E-state index contributed by atoms with van der Waals surface area (Å²) < 4.78 is 72.6. The van der Waals surface area contributed by atoms with Crippen LogP contribution in [0.1, 0.15) is 105 Å². The lowest BCUT2D eigenvalue weighted by atomic mass is 9.73. The molecule has 0 N–H and O–H groups in total. The summed E-state index contributed by atoms with van der Waals surface area (Å²) in [5.74, 6) is 2.15. The van der Waals surface area contributed by atoms with Crippen LogP contribution in [0.5, 0.6) is 5.75 Å². The monoisotopic (exact) mass is 619 g/mol. The van der Waals surface area contributed by atoms with E-state index in [0.29, 0.717) is 46.6 Å². The van der Waals surface area contributed by atoms with Crippen LogP contribution in [0, 0.1) is 17.8 Å². The predicted molar refractivity (Wildman–Crippen MR) is 164 cm³/mol. The van der Waals surface area contributed by atoms with Gasteiger partial charge in [-0.05, 0) is 152 Å². The molecule has 8 rings (SSSR count). The van der Waals surface area contributed by atoms with Gasteiger partial charge in [0.05, 0.1) is 4.90 Å². The molecule has 5 aliphatic rings. The van der Waals surface area contributed by atoms with E-state index in [0.717, 1.165) is 86.1 Å². The smallest absolute Gasteiger partial charge is 0.339 e. The molecule has 6 nitrogen and oxygen atoms in total. The Kier molecular flexibility index (Phi) is 6.56. The molecular formula is C35H39O6S2-. The summed E-state index contributed by atoms with van der Waals surface area (Å²) in [5, 5.41) is 2.13. The molecule has 3 atom stereocenters. The zero-order valence-electron chi connectivity index (χ0n) is 24.5. The summed E-state index contributed by atoms with van der Waals surface area (Å²) in [6, 6.07) is 13.1. The van der Waals surface area contributed by atoms with Crippen LogP contribution in [-0.2, 0) is 38.5 Å². The van der Waals surface area contributed by atoms with Crippen LogP contribution in [0.25, 0.3) is 10.8 Å². The highest BCUT2D eigenvalue weighted by Crippen LogP contribution is 2.61. The van der Waals surface area contributed by atoms with Crippen LogP contribution < -0.4 is 4.18 Å². The lowest BCUT2D eigenvalue weighted by Gasteiger charge is -2.34. The predicted octanol–water partition coefficient (Wildman–Crippen LogP) is 7.52. The van der Waals surface area contributed by atoms with Crippen molar-refractivity contribution in [2.45, 2.75) is 111 Å². The molecule has 3 aromatic rings. The molecule has 43 heavy (non-hydrogen) atoms. The Morgan fingerprint density at radius 1 is 0.814 bits per heavy atom. The van der Waals surface area contributed by atoms with E-state index in [1.54, 1.807) is 0 Å². The van der Waals surface area contributed by atoms with E-state index in [1.165, 1.54) is 25.0 Å². The fourth-order valence-electron chi connectivity index (χ4n) is 10.0. The number of fused-ring (bicyclic) bond motifs is 6. The summed E-state index contributed by atoms with van der Waals surface area (Å²) in [7, 11) is -9.01. The van der Waals surface area contributed by atoms with E-state index < -0.39 is 20.2 Å². The van der Waals surface area contributed by atoms with Crippen LogP contribution in [0.4, 0.5) is 0 Å². The topological polar surface area (TPSA) is 101 Å². The maximum atomic E-state index is 14.9. The molecule has 0 amide bonds. The molecule has 5 aliphatic carbocycles. The number of rotatable bonds is 6. The van der Waals surface area contributed by atoms with E-state index >= 15 is 0 Å². The lowest BCUT2D eigenvalue weighted by Crippen LogP contribution is -2.27. The summed E-state index contributed by atoms with van der Waals surface area (Å²) in [6.07, 6.45) is 13.2. The highest BCUT2D eigenvalue weighted by molar-refractivity contribution is 7.87. The Morgan fingerprint density at radius 2 is 1.58 bits per heavy atom. The highest BCUT2D eigenvalue weighted by Gasteiger charge is 2.51. The molecule has 4 fully saturated rings. The van der Waals surface area contributed by atoms with Crippen LogP contribution in [0.3, 0.4) is 0 Å². The van der Waals surface area contributed by atoms with Crippen molar-refractivity contribution >= 4 is 31.0 Å². The van der Waals surface area contributed by atoms with Crippen LogP contribution >= 0.6 is 0 Å². The fourth-order valence-corrected chi connectivity index (χ4v) is 12.4. The zero-order valence-corrected chi connectivity index (χ0v) is 26.1. The van der Waals surface area contributed by atoms with Crippen molar-refractivity contribution in [1.82, 2.24) is 0 Å². The van der Waals surface area contributed by atoms with Crippen molar-refractivity contribution in [2.75, 3.05) is 0 Å². The SMILES string of the molecule is O=S(=O)([O-])c1ccc(OS(=O)(=O)c2c(C3CC4CCC3C4)cc3ccccc3c2C23CCC(CC2)C3)c2c1CCCCC2. The zero-order chi connectivity index (χ0) is 29.6. The summed E-state index contributed by atoms with van der Waals surface area (Å²) in [4.78, 5) is 0.138. The Labute approximate surface area is 255 Å². The molecule has 4 saturated carbocycles. The third kappa shape index (κ3) is 4.57. The third-order valence-electron chi connectivity index (χ3n) is 11.9. The van der Waals surface area contributed by atoms with Crippen LogP contribution in [-0.4, -0.2) is 21.4 Å². The fraction of sp³-hybridized carbons (Fsp3) is 0.543. The van der Waals surface area contributed by atoms with Gasteiger partial charge < -0.3 is 8.74 Å². The quantitative estimate of drug-likeness (QED) is 0.161. The van der Waals surface area contributed by atoms with Gasteiger partial charge >= 0.3 is 10.1 Å². The molecule has 228 valence electrons. The van der Waals surface area contributed by atoms with Gasteiger partial charge in [0.25, 0.3) is 0 Å². The molecule has 4 bridgehead atoms. The van der Waals surface area contributed by atoms with Crippen molar-refractivity contribution < 1.29 is 25.6 Å². The molecule has 0 spiro atoms. The minimum absolute atomic E-state index is 0.176. The van der Waals surface area contributed by atoms with Gasteiger partial charge in [-0.1, -0.05) is 37.1 Å². The van der Waals surface area contributed by atoms with E-state index in [4.69, 9.17) is 4.18 Å². The Morgan fingerprint density at radius 3 is 2.26 bits per heavy atom. The molecule has 8 heteroatoms. The second kappa shape index (κ2) is 10.0. The van der Waals surface area contributed by atoms with E-state index in [9.17, 15) is 21.4 Å². The van der Waals surface area contributed by atoms with E-state index in [1.807, 2.05) is 12.1 Å². The molecule has 3 unspecified atom stereocenters. The lowest BCUT2D eigenvalue weighted by molar-refractivity contribution is 0.396. The van der Waals surface area contributed by atoms with Gasteiger partial charge in [0.1, 0.15) is 20.8 Å². The summed E-state index contributed by atoms with van der Waals surface area (Å²) >= 11 is 0. The Bertz CT molecular complexity index is 1840. The highest BCUT2D eigenvalue weighted by atomic mass is 32.2. The van der Waals surface area contributed by atoms with Crippen molar-refractivity contribution in [1.29, 1.82) is 0 Å². The molecule has 3 aromatic carbocycles.